The molecule has 0 amide bonds. The van der Waals surface area contributed by atoms with Gasteiger partial charge < -0.3 is 10.1 Å². The molecule has 4 rings (SSSR count). The number of fused-ring (bicyclic) bond motifs is 5. The Morgan fingerprint density at radius 1 is 1.25 bits per heavy atom. The lowest BCUT2D eigenvalue weighted by Gasteiger charge is -2.11. The fourth-order valence-corrected chi connectivity index (χ4v) is 4.69. The standard InChI is InChI=1S/C17H20N2O/c18-6-7-20-14-3-1-2-11(8-14)10-19-17-15-12-4-5-13(9-12)16(15)17/h1-3,8,12-13,15-17,19H,4-5,7,9-10H2. The zero-order chi connectivity index (χ0) is 13.5. The third-order valence-corrected chi connectivity index (χ3v) is 5.48. The zero-order valence-corrected chi connectivity index (χ0v) is 11.6. The summed E-state index contributed by atoms with van der Waals surface area (Å²) in [7, 11) is 0. The van der Waals surface area contributed by atoms with E-state index in [-0.39, 0.29) is 6.61 Å². The molecule has 3 saturated carbocycles. The van der Waals surface area contributed by atoms with Gasteiger partial charge in [0.05, 0.1) is 0 Å². The van der Waals surface area contributed by atoms with Crippen LogP contribution in [-0.2, 0) is 6.54 Å². The highest BCUT2D eigenvalue weighted by atomic mass is 16.5. The molecule has 3 aliphatic carbocycles. The third-order valence-electron chi connectivity index (χ3n) is 5.48. The summed E-state index contributed by atoms with van der Waals surface area (Å²) in [4.78, 5) is 0. The molecule has 104 valence electrons. The topological polar surface area (TPSA) is 45.0 Å². The van der Waals surface area contributed by atoms with E-state index in [2.05, 4.69) is 11.4 Å². The quantitative estimate of drug-likeness (QED) is 0.893. The van der Waals surface area contributed by atoms with E-state index in [1.807, 2.05) is 24.3 Å². The van der Waals surface area contributed by atoms with Crippen LogP contribution in [0.1, 0.15) is 24.8 Å². The lowest BCUT2D eigenvalue weighted by molar-refractivity contribution is 0.367. The Labute approximate surface area is 119 Å². The van der Waals surface area contributed by atoms with Crippen molar-refractivity contribution in [3.63, 3.8) is 0 Å². The maximum Gasteiger partial charge on any atom is 0.174 e. The van der Waals surface area contributed by atoms with Gasteiger partial charge in [-0.1, -0.05) is 12.1 Å². The first-order chi connectivity index (χ1) is 9.86. The van der Waals surface area contributed by atoms with Crippen LogP contribution in [0.15, 0.2) is 24.3 Å². The van der Waals surface area contributed by atoms with E-state index in [4.69, 9.17) is 10.00 Å². The number of nitriles is 1. The minimum Gasteiger partial charge on any atom is -0.479 e. The van der Waals surface area contributed by atoms with Gasteiger partial charge in [-0.05, 0) is 60.6 Å². The molecule has 3 fully saturated rings. The van der Waals surface area contributed by atoms with Crippen LogP contribution in [0.3, 0.4) is 0 Å². The van der Waals surface area contributed by atoms with Gasteiger partial charge in [0.15, 0.2) is 6.61 Å². The summed E-state index contributed by atoms with van der Waals surface area (Å²) in [5, 5.41) is 12.3. The van der Waals surface area contributed by atoms with Crippen LogP contribution in [0, 0.1) is 35.0 Å². The third kappa shape index (κ3) is 1.99. The molecule has 1 aromatic rings. The molecule has 4 unspecified atom stereocenters. The molecule has 0 aliphatic heterocycles. The smallest absolute Gasteiger partial charge is 0.174 e. The van der Waals surface area contributed by atoms with Crippen molar-refractivity contribution in [1.82, 2.24) is 5.32 Å². The second kappa shape index (κ2) is 4.79. The van der Waals surface area contributed by atoms with Gasteiger partial charge in [-0.25, -0.2) is 0 Å². The van der Waals surface area contributed by atoms with Crippen LogP contribution in [-0.4, -0.2) is 12.6 Å². The van der Waals surface area contributed by atoms with Crippen LogP contribution in [0.4, 0.5) is 0 Å². The normalized spacial score (nSPS) is 36.5. The molecule has 20 heavy (non-hydrogen) atoms. The van der Waals surface area contributed by atoms with E-state index in [9.17, 15) is 0 Å². The van der Waals surface area contributed by atoms with Gasteiger partial charge in [-0.2, -0.15) is 5.26 Å². The van der Waals surface area contributed by atoms with Crippen molar-refractivity contribution in [3.8, 4) is 11.8 Å². The number of nitrogens with zero attached hydrogens (tertiary/aromatic N) is 1. The van der Waals surface area contributed by atoms with E-state index in [0.29, 0.717) is 0 Å². The number of ether oxygens (including phenoxy) is 1. The molecule has 0 heterocycles. The van der Waals surface area contributed by atoms with Crippen LogP contribution in [0.25, 0.3) is 0 Å². The van der Waals surface area contributed by atoms with Crippen molar-refractivity contribution in [2.75, 3.05) is 6.61 Å². The first-order valence-corrected chi connectivity index (χ1v) is 7.69. The van der Waals surface area contributed by atoms with Crippen LogP contribution >= 0.6 is 0 Å². The summed E-state index contributed by atoms with van der Waals surface area (Å²) in [6.07, 6.45) is 4.45. The summed E-state index contributed by atoms with van der Waals surface area (Å²) >= 11 is 0. The summed E-state index contributed by atoms with van der Waals surface area (Å²) in [6.45, 7) is 1.04. The van der Waals surface area contributed by atoms with Crippen molar-refractivity contribution >= 4 is 0 Å². The Morgan fingerprint density at radius 2 is 2.05 bits per heavy atom. The lowest BCUT2D eigenvalue weighted by atomic mass is 10.0. The van der Waals surface area contributed by atoms with E-state index in [1.165, 1.54) is 24.8 Å². The van der Waals surface area contributed by atoms with Crippen molar-refractivity contribution in [2.24, 2.45) is 23.7 Å². The van der Waals surface area contributed by atoms with Gasteiger partial charge in [-0.3, -0.25) is 0 Å². The Balaban J connectivity index is 1.33. The lowest BCUT2D eigenvalue weighted by Crippen LogP contribution is -2.22. The monoisotopic (exact) mass is 268 g/mol. The number of benzene rings is 1. The summed E-state index contributed by atoms with van der Waals surface area (Å²) < 4.78 is 5.35. The molecule has 1 aromatic carbocycles. The maximum absolute atomic E-state index is 8.54. The van der Waals surface area contributed by atoms with Gasteiger partial charge in [0.25, 0.3) is 0 Å². The summed E-state index contributed by atoms with van der Waals surface area (Å²) in [5.74, 6) is 4.79. The van der Waals surface area contributed by atoms with Gasteiger partial charge in [0.2, 0.25) is 0 Å². The average molecular weight is 268 g/mol. The molecule has 1 N–H and O–H groups in total. The molecule has 4 atom stereocenters. The molecule has 3 nitrogen and oxygen atoms in total. The molecule has 0 spiro atoms. The molecular formula is C17H20N2O. The van der Waals surface area contributed by atoms with Crippen molar-refractivity contribution in [3.05, 3.63) is 29.8 Å². The van der Waals surface area contributed by atoms with E-state index in [1.54, 1.807) is 0 Å². The van der Waals surface area contributed by atoms with Crippen LogP contribution in [0.2, 0.25) is 0 Å². The second-order valence-electron chi connectivity index (χ2n) is 6.49. The highest BCUT2D eigenvalue weighted by molar-refractivity contribution is 5.29. The summed E-state index contributed by atoms with van der Waals surface area (Å²) in [5.41, 5.74) is 1.25. The average Bonchev–Trinajstić information content (AvgIpc) is 2.86. The predicted octanol–water partition coefficient (Wildman–Crippen LogP) is 2.72. The number of hydrogen-bond donors (Lipinski definition) is 1. The van der Waals surface area contributed by atoms with Crippen molar-refractivity contribution in [1.29, 1.82) is 5.26 Å². The largest absolute Gasteiger partial charge is 0.479 e. The number of nitrogens with one attached hydrogen (secondary N) is 1. The van der Waals surface area contributed by atoms with Gasteiger partial charge in [0.1, 0.15) is 11.8 Å². The van der Waals surface area contributed by atoms with E-state index >= 15 is 0 Å². The summed E-state index contributed by atoms with van der Waals surface area (Å²) in [6, 6.07) is 10.8. The molecule has 3 aliphatic rings. The van der Waals surface area contributed by atoms with Crippen LogP contribution < -0.4 is 10.1 Å². The van der Waals surface area contributed by atoms with Gasteiger partial charge >= 0.3 is 0 Å². The van der Waals surface area contributed by atoms with E-state index < -0.39 is 0 Å². The molecule has 3 heteroatoms. The van der Waals surface area contributed by atoms with Gasteiger partial charge in [0, 0.05) is 12.6 Å². The second-order valence-corrected chi connectivity index (χ2v) is 6.49. The molecule has 0 saturated heterocycles. The molecule has 2 bridgehead atoms. The fourth-order valence-electron chi connectivity index (χ4n) is 4.69. The highest BCUT2D eigenvalue weighted by Gasteiger charge is 2.64. The Hall–Kier alpha value is -1.53. The van der Waals surface area contributed by atoms with Crippen molar-refractivity contribution in [2.45, 2.75) is 31.8 Å². The molecule has 0 radical (unpaired) electrons. The first-order valence-electron chi connectivity index (χ1n) is 7.69. The SMILES string of the molecule is N#CCOc1cccc(CNC2C3C4CCC(C4)C23)c1. The van der Waals surface area contributed by atoms with Crippen molar-refractivity contribution < 1.29 is 4.74 Å². The predicted molar refractivity (Wildman–Crippen MR) is 76.0 cm³/mol. The molecular weight excluding hydrogens is 248 g/mol. The Kier molecular flexibility index (Phi) is 2.93. The Bertz CT molecular complexity index is 534. The maximum atomic E-state index is 8.54. The minimum atomic E-state index is 0.118. The van der Waals surface area contributed by atoms with Gasteiger partial charge in [-0.15, -0.1) is 0 Å². The number of hydrogen-bond acceptors (Lipinski definition) is 3. The molecule has 0 aromatic heterocycles. The van der Waals surface area contributed by atoms with Crippen LogP contribution in [0.5, 0.6) is 5.75 Å². The highest BCUT2D eigenvalue weighted by Crippen LogP contribution is 2.65. The Morgan fingerprint density at radius 3 is 2.80 bits per heavy atom. The van der Waals surface area contributed by atoms with E-state index in [0.717, 1.165) is 42.0 Å². The minimum absolute atomic E-state index is 0.118. The fraction of sp³-hybridized carbons (Fsp3) is 0.588. The zero-order valence-electron chi connectivity index (χ0n) is 11.6. The first kappa shape index (κ1) is 12.2. The number of rotatable bonds is 5.